The Hall–Kier alpha value is -1.27. The number of hydrogen-bond acceptors (Lipinski definition) is 3. The fraction of sp³-hybridized carbons (Fsp3) is 0.588. The highest BCUT2D eigenvalue weighted by Gasteiger charge is 2.26. The van der Waals surface area contributed by atoms with E-state index in [2.05, 4.69) is 5.32 Å². The molecule has 0 spiro atoms. The number of carbonyl (C=O) groups excluding carboxylic acids is 1. The van der Waals surface area contributed by atoms with Crippen molar-refractivity contribution in [2.45, 2.75) is 37.2 Å². The van der Waals surface area contributed by atoms with Crippen LogP contribution in [0.1, 0.15) is 26.2 Å². The van der Waals surface area contributed by atoms with Gasteiger partial charge in [-0.25, -0.2) is 9.18 Å². The van der Waals surface area contributed by atoms with Crippen LogP contribution < -0.4 is 5.32 Å². The molecule has 1 aromatic carbocycles. The third-order valence-electron chi connectivity index (χ3n) is 4.11. The van der Waals surface area contributed by atoms with Crippen molar-refractivity contribution in [2.75, 3.05) is 25.4 Å². The molecule has 0 saturated carbocycles. The molecular formula is C17H25FN2O2S. The maximum Gasteiger partial charge on any atom is 0.317 e. The van der Waals surface area contributed by atoms with Gasteiger partial charge in [0.15, 0.2) is 0 Å². The number of likely N-dealkylation sites (tertiary alicyclic amines) is 1. The minimum atomic E-state index is -0.363. The van der Waals surface area contributed by atoms with Crippen LogP contribution in [0, 0.1) is 11.7 Å². The number of benzene rings is 1. The van der Waals surface area contributed by atoms with Gasteiger partial charge in [-0.15, -0.1) is 11.8 Å². The van der Waals surface area contributed by atoms with Gasteiger partial charge in [0.1, 0.15) is 5.82 Å². The smallest absolute Gasteiger partial charge is 0.317 e. The predicted molar refractivity (Wildman–Crippen MR) is 91.1 cm³/mol. The van der Waals surface area contributed by atoms with Crippen LogP contribution in [0.4, 0.5) is 9.18 Å². The molecule has 2 N–H and O–H groups in total. The lowest BCUT2D eigenvalue weighted by Crippen LogP contribution is -2.47. The van der Waals surface area contributed by atoms with Crippen LogP contribution >= 0.6 is 11.8 Å². The summed E-state index contributed by atoms with van der Waals surface area (Å²) in [5.74, 6) is 0.838. The van der Waals surface area contributed by atoms with Crippen molar-refractivity contribution in [3.8, 4) is 0 Å². The summed E-state index contributed by atoms with van der Waals surface area (Å²) in [6, 6.07) is 6.41. The van der Waals surface area contributed by atoms with E-state index in [0.717, 1.165) is 36.5 Å². The van der Waals surface area contributed by atoms with Crippen LogP contribution in [0.2, 0.25) is 0 Å². The maximum atomic E-state index is 12.8. The molecule has 128 valence electrons. The molecule has 6 heteroatoms. The lowest BCUT2D eigenvalue weighted by molar-refractivity contribution is 0.0740. The van der Waals surface area contributed by atoms with Crippen LogP contribution in [-0.2, 0) is 0 Å². The van der Waals surface area contributed by atoms with Crippen LogP contribution in [-0.4, -0.2) is 47.5 Å². The summed E-state index contributed by atoms with van der Waals surface area (Å²) in [4.78, 5) is 15.0. The van der Waals surface area contributed by atoms with Gasteiger partial charge in [-0.2, -0.15) is 0 Å². The molecule has 1 heterocycles. The van der Waals surface area contributed by atoms with Gasteiger partial charge in [-0.3, -0.25) is 0 Å². The highest BCUT2D eigenvalue weighted by molar-refractivity contribution is 7.99. The first-order valence-electron chi connectivity index (χ1n) is 8.15. The van der Waals surface area contributed by atoms with Crippen molar-refractivity contribution in [1.29, 1.82) is 0 Å². The van der Waals surface area contributed by atoms with E-state index in [9.17, 15) is 14.3 Å². The zero-order valence-electron chi connectivity index (χ0n) is 13.5. The van der Waals surface area contributed by atoms with Crippen LogP contribution in [0.15, 0.2) is 29.2 Å². The zero-order chi connectivity index (χ0) is 16.7. The Balaban J connectivity index is 1.62. The number of nitrogens with zero attached hydrogens (tertiary/aromatic N) is 1. The summed E-state index contributed by atoms with van der Waals surface area (Å²) in [7, 11) is 0. The molecule has 1 aliphatic rings. The zero-order valence-corrected chi connectivity index (χ0v) is 14.3. The number of nitrogens with one attached hydrogen (secondary N) is 1. The van der Waals surface area contributed by atoms with E-state index in [1.54, 1.807) is 35.7 Å². The molecule has 0 aliphatic carbocycles. The van der Waals surface area contributed by atoms with Gasteiger partial charge in [-0.1, -0.05) is 0 Å². The van der Waals surface area contributed by atoms with Gasteiger partial charge in [0.25, 0.3) is 0 Å². The van der Waals surface area contributed by atoms with Crippen molar-refractivity contribution in [3.05, 3.63) is 30.1 Å². The molecule has 23 heavy (non-hydrogen) atoms. The van der Waals surface area contributed by atoms with Crippen molar-refractivity contribution < 1.29 is 14.3 Å². The second-order valence-corrected chi connectivity index (χ2v) is 7.15. The van der Waals surface area contributed by atoms with Gasteiger partial charge in [-0.05, 0) is 56.2 Å². The Bertz CT molecular complexity index is 496. The Morgan fingerprint density at radius 3 is 2.91 bits per heavy atom. The number of amides is 2. The predicted octanol–water partition coefficient (Wildman–Crippen LogP) is 3.11. The van der Waals surface area contributed by atoms with Crippen LogP contribution in [0.5, 0.6) is 0 Å². The molecular weight excluding hydrogens is 315 g/mol. The van der Waals surface area contributed by atoms with E-state index in [1.807, 2.05) is 0 Å². The molecule has 0 bridgehead atoms. The molecule has 2 rings (SSSR count). The van der Waals surface area contributed by atoms with Crippen LogP contribution in [0.3, 0.4) is 0 Å². The van der Waals surface area contributed by atoms with E-state index in [1.165, 1.54) is 12.1 Å². The van der Waals surface area contributed by atoms with E-state index >= 15 is 0 Å². The van der Waals surface area contributed by atoms with E-state index in [0.29, 0.717) is 13.1 Å². The summed E-state index contributed by atoms with van der Waals surface area (Å²) < 4.78 is 12.8. The molecule has 0 radical (unpaired) electrons. The number of hydrogen-bond donors (Lipinski definition) is 2. The average Bonchev–Trinajstić information content (AvgIpc) is 2.56. The molecule has 4 nitrogen and oxygen atoms in total. The standard InChI is InChI=1S/C17H25FN2O2S/c1-13(21)14-4-2-10-20(12-14)17(22)19-9-3-11-23-16-7-5-15(18)6-8-16/h5-8,13-14,21H,2-4,9-12H2,1H3,(H,19,22)/t13-,14-/m0/s1. The maximum absolute atomic E-state index is 12.8. The van der Waals surface area contributed by atoms with Gasteiger partial charge in [0.2, 0.25) is 0 Å². The number of piperidine rings is 1. The number of carbonyl (C=O) groups is 1. The lowest BCUT2D eigenvalue weighted by atomic mass is 9.94. The van der Waals surface area contributed by atoms with E-state index < -0.39 is 0 Å². The highest BCUT2D eigenvalue weighted by atomic mass is 32.2. The summed E-state index contributed by atoms with van der Waals surface area (Å²) in [5, 5.41) is 12.6. The second kappa shape index (κ2) is 9.13. The van der Waals surface area contributed by atoms with Crippen molar-refractivity contribution in [1.82, 2.24) is 10.2 Å². The third-order valence-corrected chi connectivity index (χ3v) is 5.21. The van der Waals surface area contributed by atoms with Gasteiger partial charge in [0, 0.05) is 30.4 Å². The molecule has 1 saturated heterocycles. The fourth-order valence-electron chi connectivity index (χ4n) is 2.69. The number of aliphatic hydroxyl groups excluding tert-OH is 1. The minimum absolute atomic E-state index is 0.0397. The first-order valence-corrected chi connectivity index (χ1v) is 9.14. The summed E-state index contributed by atoms with van der Waals surface area (Å²) in [6.07, 6.45) is 2.43. The van der Waals surface area contributed by atoms with Gasteiger partial charge < -0.3 is 15.3 Å². The molecule has 1 aromatic rings. The molecule has 0 unspecified atom stereocenters. The first-order chi connectivity index (χ1) is 11.1. The lowest BCUT2D eigenvalue weighted by Gasteiger charge is -2.34. The van der Waals surface area contributed by atoms with Crippen molar-refractivity contribution in [2.24, 2.45) is 5.92 Å². The Morgan fingerprint density at radius 2 is 2.22 bits per heavy atom. The quantitative estimate of drug-likeness (QED) is 0.618. The number of aliphatic hydroxyl groups is 1. The number of urea groups is 1. The largest absolute Gasteiger partial charge is 0.393 e. The number of rotatable bonds is 6. The minimum Gasteiger partial charge on any atom is -0.393 e. The first kappa shape index (κ1) is 18.1. The summed E-state index contributed by atoms with van der Waals surface area (Å²) in [6.45, 7) is 3.81. The summed E-state index contributed by atoms with van der Waals surface area (Å²) in [5.41, 5.74) is 0. The Kier molecular flexibility index (Phi) is 7.17. The topological polar surface area (TPSA) is 52.6 Å². The van der Waals surface area contributed by atoms with Gasteiger partial charge in [0.05, 0.1) is 6.10 Å². The highest BCUT2D eigenvalue weighted by Crippen LogP contribution is 2.20. The van der Waals surface area contributed by atoms with Gasteiger partial charge >= 0.3 is 6.03 Å². The number of halogens is 1. The Morgan fingerprint density at radius 1 is 1.48 bits per heavy atom. The normalized spacial score (nSPS) is 19.4. The van der Waals surface area contributed by atoms with E-state index in [-0.39, 0.29) is 23.9 Å². The summed E-state index contributed by atoms with van der Waals surface area (Å²) >= 11 is 1.66. The second-order valence-electron chi connectivity index (χ2n) is 5.98. The molecule has 1 aliphatic heterocycles. The monoisotopic (exact) mass is 340 g/mol. The SMILES string of the molecule is C[C@H](O)[C@H]1CCCN(C(=O)NCCCSc2ccc(F)cc2)C1. The molecule has 0 aromatic heterocycles. The van der Waals surface area contributed by atoms with Crippen LogP contribution in [0.25, 0.3) is 0 Å². The number of thioether (sulfide) groups is 1. The fourth-order valence-corrected chi connectivity index (χ4v) is 3.54. The molecule has 2 atom stereocenters. The Labute approximate surface area is 141 Å². The third kappa shape index (κ3) is 6.03. The molecule has 2 amide bonds. The average molecular weight is 340 g/mol. The van der Waals surface area contributed by atoms with Crippen molar-refractivity contribution >= 4 is 17.8 Å². The van der Waals surface area contributed by atoms with Crippen molar-refractivity contribution in [3.63, 3.8) is 0 Å². The van der Waals surface area contributed by atoms with E-state index in [4.69, 9.17) is 0 Å². The molecule has 1 fully saturated rings.